The summed E-state index contributed by atoms with van der Waals surface area (Å²) in [6, 6.07) is 13.2. The first-order valence-electron chi connectivity index (χ1n) is 6.17. The first-order chi connectivity index (χ1) is 10.5. The summed E-state index contributed by atoms with van der Waals surface area (Å²) < 4.78 is 0.806. The topological polar surface area (TPSA) is 73.1 Å². The zero-order valence-electron chi connectivity index (χ0n) is 11.2. The first-order valence-corrected chi connectivity index (χ1v) is 7.34. The molecule has 0 spiro atoms. The molecular formula is C16H10BrClN2O2. The lowest BCUT2D eigenvalue weighted by atomic mass is 10.1. The zero-order valence-corrected chi connectivity index (χ0v) is 13.5. The number of halogens is 2. The predicted octanol–water partition coefficient (Wildman–Crippen LogP) is 4.35. The summed E-state index contributed by atoms with van der Waals surface area (Å²) in [7, 11) is 0. The van der Waals surface area contributed by atoms with Gasteiger partial charge in [-0.05, 0) is 42.5 Å². The maximum Gasteiger partial charge on any atom is 0.266 e. The van der Waals surface area contributed by atoms with Gasteiger partial charge in [0.15, 0.2) is 0 Å². The molecule has 6 heteroatoms. The van der Waals surface area contributed by atoms with Gasteiger partial charge in [-0.15, -0.1) is 0 Å². The fraction of sp³-hybridized carbons (Fsp3) is 0. The van der Waals surface area contributed by atoms with Crippen molar-refractivity contribution >= 4 is 45.2 Å². The minimum absolute atomic E-state index is 0.0626. The highest BCUT2D eigenvalue weighted by atomic mass is 79.9. The number of hydrogen-bond acceptors (Lipinski definition) is 3. The summed E-state index contributed by atoms with van der Waals surface area (Å²) in [4.78, 5) is 12.1. The Morgan fingerprint density at radius 1 is 1.32 bits per heavy atom. The molecular weight excluding hydrogens is 368 g/mol. The summed E-state index contributed by atoms with van der Waals surface area (Å²) in [5.41, 5.74) is 0.710. The van der Waals surface area contributed by atoms with Crippen LogP contribution in [-0.2, 0) is 4.79 Å². The number of nitrogens with one attached hydrogen (secondary N) is 1. The Morgan fingerprint density at radius 3 is 2.77 bits per heavy atom. The SMILES string of the molecule is N#C/C(=C/c1cc(Cl)ccc1O)C(=O)Nc1cccc(Br)c1. The van der Waals surface area contributed by atoms with E-state index in [0.717, 1.165) is 4.47 Å². The van der Waals surface area contributed by atoms with Gasteiger partial charge in [-0.1, -0.05) is 33.6 Å². The molecule has 2 rings (SSSR count). The van der Waals surface area contributed by atoms with Gasteiger partial charge in [-0.3, -0.25) is 4.79 Å². The summed E-state index contributed by atoms with van der Waals surface area (Å²) in [6.45, 7) is 0. The lowest BCUT2D eigenvalue weighted by molar-refractivity contribution is -0.112. The van der Waals surface area contributed by atoms with Crippen LogP contribution >= 0.6 is 27.5 Å². The molecule has 0 aliphatic carbocycles. The van der Waals surface area contributed by atoms with Crippen LogP contribution in [0.2, 0.25) is 5.02 Å². The maximum atomic E-state index is 12.1. The lowest BCUT2D eigenvalue weighted by Crippen LogP contribution is -2.13. The number of nitriles is 1. The number of phenolic OH excluding ortho intramolecular Hbond substituents is 1. The minimum atomic E-state index is -0.569. The first kappa shape index (κ1) is 16.1. The number of rotatable bonds is 3. The number of phenols is 1. The molecule has 0 unspecified atom stereocenters. The molecule has 0 aliphatic rings. The number of amides is 1. The Kier molecular flexibility index (Phi) is 5.21. The third-order valence-electron chi connectivity index (χ3n) is 2.74. The van der Waals surface area contributed by atoms with Crippen molar-refractivity contribution in [3.8, 4) is 11.8 Å². The summed E-state index contributed by atoms with van der Waals surface area (Å²) in [5, 5.41) is 21.9. The van der Waals surface area contributed by atoms with Crippen molar-refractivity contribution in [1.82, 2.24) is 0 Å². The van der Waals surface area contributed by atoms with Crippen LogP contribution in [0.5, 0.6) is 5.75 Å². The van der Waals surface area contributed by atoms with Gasteiger partial charge in [-0.25, -0.2) is 0 Å². The highest BCUT2D eigenvalue weighted by molar-refractivity contribution is 9.10. The fourth-order valence-electron chi connectivity index (χ4n) is 1.71. The molecule has 2 aromatic rings. The molecule has 0 heterocycles. The Hall–Kier alpha value is -2.29. The molecule has 0 atom stereocenters. The molecule has 0 fully saturated rings. The van der Waals surface area contributed by atoms with Crippen LogP contribution in [0.1, 0.15) is 5.56 Å². The van der Waals surface area contributed by atoms with Gasteiger partial charge < -0.3 is 10.4 Å². The number of hydrogen-bond donors (Lipinski definition) is 2. The molecule has 110 valence electrons. The van der Waals surface area contributed by atoms with Crippen LogP contribution in [0.4, 0.5) is 5.69 Å². The van der Waals surface area contributed by atoms with Crippen LogP contribution in [0.25, 0.3) is 6.08 Å². The normalized spacial score (nSPS) is 10.9. The van der Waals surface area contributed by atoms with Crippen molar-refractivity contribution in [1.29, 1.82) is 5.26 Å². The van der Waals surface area contributed by atoms with Crippen molar-refractivity contribution in [2.75, 3.05) is 5.32 Å². The highest BCUT2D eigenvalue weighted by Crippen LogP contribution is 2.24. The second-order valence-electron chi connectivity index (χ2n) is 4.34. The van der Waals surface area contributed by atoms with E-state index in [0.29, 0.717) is 16.3 Å². The summed E-state index contributed by atoms with van der Waals surface area (Å²) in [5.74, 6) is -0.632. The van der Waals surface area contributed by atoms with Crippen molar-refractivity contribution in [2.45, 2.75) is 0 Å². The van der Waals surface area contributed by atoms with Gasteiger partial charge in [0.1, 0.15) is 17.4 Å². The Labute approximate surface area is 140 Å². The Bertz CT molecular complexity index is 797. The fourth-order valence-corrected chi connectivity index (χ4v) is 2.29. The molecule has 2 N–H and O–H groups in total. The van der Waals surface area contributed by atoms with E-state index in [1.807, 2.05) is 12.1 Å². The largest absolute Gasteiger partial charge is 0.507 e. The van der Waals surface area contributed by atoms with Crippen LogP contribution in [-0.4, -0.2) is 11.0 Å². The third kappa shape index (κ3) is 4.10. The number of benzene rings is 2. The van der Waals surface area contributed by atoms with E-state index in [1.165, 1.54) is 24.3 Å². The second kappa shape index (κ2) is 7.12. The predicted molar refractivity (Wildman–Crippen MR) is 89.5 cm³/mol. The molecule has 22 heavy (non-hydrogen) atoms. The van der Waals surface area contributed by atoms with Crippen molar-refractivity contribution in [3.05, 3.63) is 63.1 Å². The quantitative estimate of drug-likeness (QED) is 0.617. The molecule has 0 bridgehead atoms. The van der Waals surface area contributed by atoms with Gasteiger partial charge in [0.05, 0.1) is 0 Å². The van der Waals surface area contributed by atoms with E-state index in [1.54, 1.807) is 18.2 Å². The van der Waals surface area contributed by atoms with Crippen LogP contribution in [0, 0.1) is 11.3 Å². The van der Waals surface area contributed by atoms with Gasteiger partial charge in [0, 0.05) is 20.7 Å². The molecule has 0 aliphatic heterocycles. The second-order valence-corrected chi connectivity index (χ2v) is 5.69. The number of anilines is 1. The molecule has 0 saturated carbocycles. The van der Waals surface area contributed by atoms with Gasteiger partial charge in [0.25, 0.3) is 5.91 Å². The van der Waals surface area contributed by atoms with Crippen molar-refractivity contribution < 1.29 is 9.90 Å². The monoisotopic (exact) mass is 376 g/mol. The van der Waals surface area contributed by atoms with Crippen LogP contribution in [0.3, 0.4) is 0 Å². The molecule has 4 nitrogen and oxygen atoms in total. The highest BCUT2D eigenvalue weighted by Gasteiger charge is 2.11. The van der Waals surface area contributed by atoms with E-state index in [2.05, 4.69) is 21.2 Å². The maximum absolute atomic E-state index is 12.1. The van der Waals surface area contributed by atoms with E-state index in [9.17, 15) is 9.90 Å². The average Bonchev–Trinajstić information content (AvgIpc) is 2.48. The molecule has 0 radical (unpaired) electrons. The average molecular weight is 378 g/mol. The van der Waals surface area contributed by atoms with E-state index in [4.69, 9.17) is 16.9 Å². The lowest BCUT2D eigenvalue weighted by Gasteiger charge is -2.05. The van der Waals surface area contributed by atoms with Gasteiger partial charge in [-0.2, -0.15) is 5.26 Å². The van der Waals surface area contributed by atoms with Crippen LogP contribution in [0.15, 0.2) is 52.5 Å². The number of carbonyl (C=O) groups is 1. The molecule has 0 saturated heterocycles. The Morgan fingerprint density at radius 2 is 2.09 bits per heavy atom. The minimum Gasteiger partial charge on any atom is -0.507 e. The van der Waals surface area contributed by atoms with E-state index < -0.39 is 5.91 Å². The standard InChI is InChI=1S/C16H10BrClN2O2/c17-12-2-1-3-14(8-12)20-16(22)11(9-19)6-10-7-13(18)4-5-15(10)21/h1-8,21H,(H,20,22)/b11-6-. The zero-order chi connectivity index (χ0) is 16.1. The van der Waals surface area contributed by atoms with Gasteiger partial charge in [0.2, 0.25) is 0 Å². The third-order valence-corrected chi connectivity index (χ3v) is 3.47. The van der Waals surface area contributed by atoms with E-state index in [-0.39, 0.29) is 11.3 Å². The number of aromatic hydroxyl groups is 1. The Balaban J connectivity index is 2.28. The number of carbonyl (C=O) groups excluding carboxylic acids is 1. The van der Waals surface area contributed by atoms with Gasteiger partial charge >= 0.3 is 0 Å². The van der Waals surface area contributed by atoms with Crippen molar-refractivity contribution in [3.63, 3.8) is 0 Å². The molecule has 2 aromatic carbocycles. The van der Waals surface area contributed by atoms with Crippen LogP contribution < -0.4 is 5.32 Å². The smallest absolute Gasteiger partial charge is 0.266 e. The summed E-state index contributed by atoms with van der Waals surface area (Å²) >= 11 is 9.14. The molecule has 0 aromatic heterocycles. The van der Waals surface area contributed by atoms with Crippen molar-refractivity contribution in [2.24, 2.45) is 0 Å². The summed E-state index contributed by atoms with van der Waals surface area (Å²) in [6.07, 6.45) is 1.29. The van der Waals surface area contributed by atoms with E-state index >= 15 is 0 Å². The number of nitrogens with zero attached hydrogens (tertiary/aromatic N) is 1. The molecule has 1 amide bonds.